The number of fused-ring (bicyclic) bond motifs is 3. The summed E-state index contributed by atoms with van der Waals surface area (Å²) in [5.74, 6) is 0.115. The lowest BCUT2D eigenvalue weighted by molar-refractivity contribution is -0.137. The third-order valence-electron chi connectivity index (χ3n) is 5.48. The van der Waals surface area contributed by atoms with Crippen LogP contribution in [0.4, 0.5) is 4.79 Å². The van der Waals surface area contributed by atoms with Crippen molar-refractivity contribution in [1.29, 1.82) is 0 Å². The number of unbranched alkanes of at least 4 members (excludes halogenated alkanes) is 2. The van der Waals surface area contributed by atoms with Gasteiger partial charge in [0.15, 0.2) is 0 Å². The highest BCUT2D eigenvalue weighted by Gasteiger charge is 2.28. The second-order valence-corrected chi connectivity index (χ2v) is 8.96. The van der Waals surface area contributed by atoms with Gasteiger partial charge in [0.05, 0.1) is 5.75 Å². The van der Waals surface area contributed by atoms with E-state index in [-0.39, 0.29) is 24.9 Å². The maximum absolute atomic E-state index is 12.1. The number of nitrogens with one attached hydrogen (secondary N) is 2. The Labute approximate surface area is 198 Å². The fourth-order valence-electron chi connectivity index (χ4n) is 3.90. The Kier molecular flexibility index (Phi) is 9.62. The Morgan fingerprint density at radius 1 is 0.879 bits per heavy atom. The summed E-state index contributed by atoms with van der Waals surface area (Å²) in [6, 6.07) is 16.4. The second-order valence-electron chi connectivity index (χ2n) is 7.86. The molecular weight excluding hydrogens is 440 g/mol. The number of amides is 2. The highest BCUT2D eigenvalue weighted by Crippen LogP contribution is 2.44. The summed E-state index contributed by atoms with van der Waals surface area (Å²) >= 11 is 1.44. The van der Waals surface area contributed by atoms with E-state index >= 15 is 0 Å². The first kappa shape index (κ1) is 24.6. The fraction of sp³-hybridized carbons (Fsp3) is 0.400. The van der Waals surface area contributed by atoms with Gasteiger partial charge in [-0.2, -0.15) is 11.8 Å². The number of carbonyl (C=O) groups is 3. The first-order chi connectivity index (χ1) is 16.1. The quantitative estimate of drug-likeness (QED) is 0.382. The van der Waals surface area contributed by atoms with Crippen LogP contribution in [0.5, 0.6) is 0 Å². The summed E-state index contributed by atoms with van der Waals surface area (Å²) < 4.78 is 5.49. The summed E-state index contributed by atoms with van der Waals surface area (Å²) in [4.78, 5) is 34.4. The molecule has 0 spiro atoms. The molecule has 7 nitrogen and oxygen atoms in total. The van der Waals surface area contributed by atoms with Crippen molar-refractivity contribution in [3.05, 3.63) is 59.7 Å². The molecule has 3 N–H and O–H groups in total. The number of alkyl carbamates (subject to hydrolysis) is 1. The monoisotopic (exact) mass is 470 g/mol. The lowest BCUT2D eigenvalue weighted by atomic mass is 9.98. The standard InChI is InChI=1S/C25H30N2O5S/c28-23(26-13-7-1-2-12-24(29)30)17-33-15-14-27-25(31)32-16-22-20-10-5-3-8-18(20)19-9-4-6-11-21(19)22/h3-6,8-11,22H,1-2,7,12-17H2,(H,26,28)(H,27,31)(H,29,30). The van der Waals surface area contributed by atoms with Gasteiger partial charge in [-0.05, 0) is 35.1 Å². The smallest absolute Gasteiger partial charge is 0.407 e. The normalized spacial score (nSPS) is 12.0. The van der Waals surface area contributed by atoms with E-state index in [1.54, 1.807) is 0 Å². The summed E-state index contributed by atoms with van der Waals surface area (Å²) in [6.07, 6.45) is 1.89. The zero-order valence-electron chi connectivity index (χ0n) is 18.5. The number of benzene rings is 2. The van der Waals surface area contributed by atoms with Gasteiger partial charge in [-0.15, -0.1) is 0 Å². The number of thioether (sulfide) groups is 1. The van der Waals surface area contributed by atoms with E-state index < -0.39 is 12.1 Å². The van der Waals surface area contributed by atoms with Gasteiger partial charge >= 0.3 is 12.1 Å². The molecule has 0 bridgehead atoms. The minimum Gasteiger partial charge on any atom is -0.481 e. The predicted octanol–water partition coefficient (Wildman–Crippen LogP) is 4.02. The molecule has 1 aliphatic rings. The van der Waals surface area contributed by atoms with Gasteiger partial charge in [-0.1, -0.05) is 55.0 Å². The Balaban J connectivity index is 1.27. The number of hydrogen-bond acceptors (Lipinski definition) is 5. The summed E-state index contributed by atoms with van der Waals surface area (Å²) in [7, 11) is 0. The van der Waals surface area contributed by atoms with Crippen molar-refractivity contribution >= 4 is 29.7 Å². The van der Waals surface area contributed by atoms with E-state index in [1.807, 2.05) is 24.3 Å². The van der Waals surface area contributed by atoms with Crippen LogP contribution in [-0.2, 0) is 14.3 Å². The third kappa shape index (κ3) is 7.53. The molecule has 33 heavy (non-hydrogen) atoms. The molecule has 0 saturated carbocycles. The molecule has 8 heteroatoms. The predicted molar refractivity (Wildman–Crippen MR) is 130 cm³/mol. The van der Waals surface area contributed by atoms with Gasteiger partial charge in [0.1, 0.15) is 6.61 Å². The maximum atomic E-state index is 12.1. The molecule has 1 aliphatic carbocycles. The highest BCUT2D eigenvalue weighted by atomic mass is 32.2. The molecular formula is C25H30N2O5S. The van der Waals surface area contributed by atoms with E-state index in [2.05, 4.69) is 34.9 Å². The lowest BCUT2D eigenvalue weighted by Gasteiger charge is -2.14. The van der Waals surface area contributed by atoms with Crippen LogP contribution in [0.15, 0.2) is 48.5 Å². The topological polar surface area (TPSA) is 105 Å². The van der Waals surface area contributed by atoms with E-state index in [1.165, 1.54) is 34.0 Å². The molecule has 2 amide bonds. The van der Waals surface area contributed by atoms with Crippen LogP contribution >= 0.6 is 11.8 Å². The third-order valence-corrected chi connectivity index (χ3v) is 6.44. The molecule has 0 radical (unpaired) electrons. The maximum Gasteiger partial charge on any atom is 0.407 e. The number of aliphatic carboxylic acids is 1. The van der Waals surface area contributed by atoms with E-state index in [9.17, 15) is 14.4 Å². The second kappa shape index (κ2) is 12.9. The zero-order chi connectivity index (χ0) is 23.5. The van der Waals surface area contributed by atoms with Crippen molar-refractivity contribution in [1.82, 2.24) is 10.6 Å². The molecule has 2 aromatic carbocycles. The molecule has 0 unspecified atom stereocenters. The SMILES string of the molecule is O=C(O)CCCCCNC(=O)CSCCNC(=O)OCC1c2ccccc2-c2ccccc21. The molecule has 0 aliphatic heterocycles. The summed E-state index contributed by atoms with van der Waals surface area (Å²) in [6.45, 7) is 1.25. The lowest BCUT2D eigenvalue weighted by Crippen LogP contribution is -2.29. The van der Waals surface area contributed by atoms with Gasteiger partial charge < -0.3 is 20.5 Å². The molecule has 3 rings (SSSR count). The largest absolute Gasteiger partial charge is 0.481 e. The Hall–Kier alpha value is -3.00. The van der Waals surface area contributed by atoms with Crippen molar-refractivity contribution in [2.24, 2.45) is 0 Å². The minimum atomic E-state index is -0.790. The summed E-state index contributed by atoms with van der Waals surface area (Å²) in [5.41, 5.74) is 4.74. The number of carboxylic acids is 1. The van der Waals surface area contributed by atoms with Crippen molar-refractivity contribution in [3.63, 3.8) is 0 Å². The zero-order valence-corrected chi connectivity index (χ0v) is 19.4. The van der Waals surface area contributed by atoms with Gasteiger partial charge in [0, 0.05) is 31.2 Å². The molecule has 0 heterocycles. The molecule has 0 aromatic heterocycles. The van der Waals surface area contributed by atoms with Crippen molar-refractivity contribution in [2.45, 2.75) is 31.6 Å². The molecule has 0 atom stereocenters. The molecule has 0 saturated heterocycles. The van der Waals surface area contributed by atoms with Crippen molar-refractivity contribution in [2.75, 3.05) is 31.2 Å². The van der Waals surface area contributed by atoms with Crippen molar-refractivity contribution in [3.8, 4) is 11.1 Å². The molecule has 2 aromatic rings. The van der Waals surface area contributed by atoms with Gasteiger partial charge in [-0.3, -0.25) is 9.59 Å². The Morgan fingerprint density at radius 2 is 1.55 bits per heavy atom. The number of carboxylic acid groups (broad SMARTS) is 1. The highest BCUT2D eigenvalue weighted by molar-refractivity contribution is 7.99. The Bertz CT molecular complexity index is 920. The van der Waals surface area contributed by atoms with Crippen LogP contribution in [0.3, 0.4) is 0 Å². The van der Waals surface area contributed by atoms with E-state index in [0.717, 1.165) is 12.8 Å². The number of hydrogen-bond donors (Lipinski definition) is 3. The number of ether oxygens (including phenoxy) is 1. The average Bonchev–Trinajstić information content (AvgIpc) is 3.13. The fourth-order valence-corrected chi connectivity index (χ4v) is 4.57. The first-order valence-corrected chi connectivity index (χ1v) is 12.4. The van der Waals surface area contributed by atoms with Crippen molar-refractivity contribution < 1.29 is 24.2 Å². The van der Waals surface area contributed by atoms with Crippen LogP contribution in [0.2, 0.25) is 0 Å². The summed E-state index contributed by atoms with van der Waals surface area (Å²) in [5, 5.41) is 14.1. The molecule has 0 fully saturated rings. The number of carbonyl (C=O) groups excluding carboxylic acids is 2. The first-order valence-electron chi connectivity index (χ1n) is 11.2. The van der Waals surface area contributed by atoms with Crippen LogP contribution in [-0.4, -0.2) is 54.3 Å². The van der Waals surface area contributed by atoms with Gasteiger partial charge in [0.25, 0.3) is 0 Å². The van der Waals surface area contributed by atoms with Gasteiger partial charge in [-0.25, -0.2) is 4.79 Å². The van der Waals surface area contributed by atoms with Crippen LogP contribution < -0.4 is 10.6 Å². The van der Waals surface area contributed by atoms with Gasteiger partial charge in [0.2, 0.25) is 5.91 Å². The van der Waals surface area contributed by atoms with Crippen LogP contribution in [0, 0.1) is 0 Å². The number of rotatable bonds is 13. The van der Waals surface area contributed by atoms with E-state index in [0.29, 0.717) is 31.0 Å². The van der Waals surface area contributed by atoms with Crippen LogP contribution in [0.1, 0.15) is 42.7 Å². The minimum absolute atomic E-state index is 0.0327. The van der Waals surface area contributed by atoms with Crippen LogP contribution in [0.25, 0.3) is 11.1 Å². The Morgan fingerprint density at radius 3 is 2.21 bits per heavy atom. The average molecular weight is 471 g/mol. The van der Waals surface area contributed by atoms with E-state index in [4.69, 9.17) is 9.84 Å². The molecule has 176 valence electrons.